The minimum Gasteiger partial charge on any atom is -0.394 e. The minimum atomic E-state index is -5.08. The van der Waals surface area contributed by atoms with Crippen LogP contribution in [0.15, 0.2) is 9.59 Å². The molecule has 21 heavy (non-hydrogen) atoms. The van der Waals surface area contributed by atoms with E-state index in [1.165, 1.54) is 4.98 Å². The summed E-state index contributed by atoms with van der Waals surface area (Å²) in [4.78, 5) is 25.6. The second kappa shape index (κ2) is 5.26. The van der Waals surface area contributed by atoms with E-state index < -0.39 is 59.7 Å². The number of hydrogen-bond donors (Lipinski definition) is 5. The van der Waals surface area contributed by atoms with Gasteiger partial charge in [0, 0.05) is 0 Å². The van der Waals surface area contributed by atoms with Crippen LogP contribution in [0.5, 0.6) is 0 Å². The highest BCUT2D eigenvalue weighted by molar-refractivity contribution is 5.25. The SMILES string of the molecule is O=c1[nH]c(C(F)(F)F)c([C@@H]2O[C@H](CO)[C@@H](O)[C@H]2O)c(=O)[nH]1. The van der Waals surface area contributed by atoms with Crippen molar-refractivity contribution >= 4 is 0 Å². The van der Waals surface area contributed by atoms with Crippen molar-refractivity contribution in [1.82, 2.24) is 9.97 Å². The third kappa shape index (κ3) is 2.72. The third-order valence-corrected chi connectivity index (χ3v) is 3.09. The molecule has 1 fully saturated rings. The largest absolute Gasteiger partial charge is 0.431 e. The van der Waals surface area contributed by atoms with E-state index in [0.29, 0.717) is 0 Å². The number of alkyl halides is 3. The van der Waals surface area contributed by atoms with Gasteiger partial charge in [0.2, 0.25) is 0 Å². The van der Waals surface area contributed by atoms with E-state index >= 15 is 0 Å². The molecule has 2 rings (SSSR count). The number of hydrogen-bond acceptors (Lipinski definition) is 6. The zero-order valence-electron chi connectivity index (χ0n) is 10.2. The van der Waals surface area contributed by atoms with Gasteiger partial charge in [-0.2, -0.15) is 13.2 Å². The lowest BCUT2D eigenvalue weighted by Gasteiger charge is -2.18. The molecule has 0 saturated carbocycles. The molecule has 0 amide bonds. The van der Waals surface area contributed by atoms with Gasteiger partial charge >= 0.3 is 11.9 Å². The Morgan fingerprint density at radius 1 is 1.14 bits per heavy atom. The van der Waals surface area contributed by atoms with E-state index in [0.717, 1.165) is 0 Å². The average Bonchev–Trinajstić information content (AvgIpc) is 2.64. The molecule has 0 radical (unpaired) electrons. The first-order valence-electron chi connectivity index (χ1n) is 5.73. The Hall–Kier alpha value is -1.69. The van der Waals surface area contributed by atoms with Crippen molar-refractivity contribution in [3.05, 3.63) is 32.1 Å². The van der Waals surface area contributed by atoms with E-state index in [1.807, 2.05) is 0 Å². The topological polar surface area (TPSA) is 136 Å². The fourth-order valence-electron chi connectivity index (χ4n) is 2.13. The Bertz CT molecular complexity index is 639. The van der Waals surface area contributed by atoms with Gasteiger partial charge in [0.25, 0.3) is 5.56 Å². The number of halogens is 3. The molecule has 5 N–H and O–H groups in total. The summed E-state index contributed by atoms with van der Waals surface area (Å²) in [5.74, 6) is 0. The Balaban J connectivity index is 2.60. The number of aliphatic hydroxyl groups is 3. The fraction of sp³-hybridized carbons (Fsp3) is 0.600. The van der Waals surface area contributed by atoms with Gasteiger partial charge in [0.05, 0.1) is 12.2 Å². The van der Waals surface area contributed by atoms with Gasteiger partial charge in [0.1, 0.15) is 30.1 Å². The highest BCUT2D eigenvalue weighted by Gasteiger charge is 2.48. The van der Waals surface area contributed by atoms with Crippen molar-refractivity contribution in [3.8, 4) is 0 Å². The van der Waals surface area contributed by atoms with Crippen LogP contribution in [0.4, 0.5) is 13.2 Å². The number of aromatic nitrogens is 2. The summed E-state index contributed by atoms with van der Waals surface area (Å²) in [5, 5.41) is 28.1. The number of aromatic amines is 2. The molecule has 0 aromatic carbocycles. The molecule has 0 spiro atoms. The van der Waals surface area contributed by atoms with Crippen molar-refractivity contribution < 1.29 is 33.2 Å². The lowest BCUT2D eigenvalue weighted by atomic mass is 10.0. The van der Waals surface area contributed by atoms with Crippen LogP contribution < -0.4 is 11.2 Å². The first-order valence-corrected chi connectivity index (χ1v) is 5.73. The minimum absolute atomic E-state index is 0.767. The predicted molar refractivity (Wildman–Crippen MR) is 59.4 cm³/mol. The van der Waals surface area contributed by atoms with Crippen molar-refractivity contribution in [1.29, 1.82) is 0 Å². The van der Waals surface area contributed by atoms with Gasteiger partial charge in [-0.25, -0.2) is 4.79 Å². The van der Waals surface area contributed by atoms with Crippen LogP contribution in [-0.4, -0.2) is 50.2 Å². The quantitative estimate of drug-likeness (QED) is 0.439. The Kier molecular flexibility index (Phi) is 3.93. The standard InChI is InChI=1S/C10H11F3N2O6/c11-10(12,13)7-3(8(19)15-9(20)14-7)6-5(18)4(17)2(1-16)21-6/h2,4-6,16-18H,1H2,(H2,14,15,19,20)/t2-,4-,5-,6+/m1/s1. The second-order valence-corrected chi connectivity index (χ2v) is 4.45. The molecule has 1 aromatic heterocycles. The first kappa shape index (κ1) is 15.7. The summed E-state index contributed by atoms with van der Waals surface area (Å²) in [6.45, 7) is -0.767. The molecule has 4 atom stereocenters. The fourth-order valence-corrected chi connectivity index (χ4v) is 2.13. The first-order chi connectivity index (χ1) is 9.66. The van der Waals surface area contributed by atoms with Crippen LogP contribution in [0, 0.1) is 0 Å². The Morgan fingerprint density at radius 2 is 1.76 bits per heavy atom. The van der Waals surface area contributed by atoms with Crippen LogP contribution in [0.2, 0.25) is 0 Å². The molecule has 1 saturated heterocycles. The molecule has 0 bridgehead atoms. The maximum absolute atomic E-state index is 12.9. The highest BCUT2D eigenvalue weighted by atomic mass is 19.4. The van der Waals surface area contributed by atoms with Gasteiger partial charge in [-0.3, -0.25) is 9.78 Å². The monoisotopic (exact) mass is 312 g/mol. The van der Waals surface area contributed by atoms with Crippen molar-refractivity contribution in [3.63, 3.8) is 0 Å². The number of ether oxygens (including phenoxy) is 1. The number of H-pyrrole nitrogens is 2. The van der Waals surface area contributed by atoms with Crippen LogP contribution in [0.1, 0.15) is 17.4 Å². The lowest BCUT2D eigenvalue weighted by molar-refractivity contribution is -0.144. The summed E-state index contributed by atoms with van der Waals surface area (Å²) < 4.78 is 43.6. The zero-order chi connectivity index (χ0) is 15.9. The van der Waals surface area contributed by atoms with Crippen molar-refractivity contribution in [2.75, 3.05) is 6.61 Å². The normalized spacial score (nSPS) is 29.8. The van der Waals surface area contributed by atoms with Crippen LogP contribution >= 0.6 is 0 Å². The summed E-state index contributed by atoms with van der Waals surface area (Å²) >= 11 is 0. The van der Waals surface area contributed by atoms with Gasteiger partial charge in [-0.1, -0.05) is 0 Å². The van der Waals surface area contributed by atoms with Gasteiger partial charge in [-0.15, -0.1) is 0 Å². The molecule has 1 aromatic rings. The number of rotatable bonds is 2. The third-order valence-electron chi connectivity index (χ3n) is 3.09. The van der Waals surface area contributed by atoms with Crippen molar-refractivity contribution in [2.45, 2.75) is 30.6 Å². The highest BCUT2D eigenvalue weighted by Crippen LogP contribution is 2.37. The number of nitrogens with one attached hydrogen (secondary N) is 2. The van der Waals surface area contributed by atoms with Gasteiger partial charge < -0.3 is 25.0 Å². The average molecular weight is 312 g/mol. The molecule has 118 valence electrons. The van der Waals surface area contributed by atoms with E-state index in [4.69, 9.17) is 9.84 Å². The second-order valence-electron chi connectivity index (χ2n) is 4.45. The molecular formula is C10H11F3N2O6. The molecule has 0 unspecified atom stereocenters. The van der Waals surface area contributed by atoms with Crippen LogP contribution in [-0.2, 0) is 10.9 Å². The molecule has 2 heterocycles. The lowest BCUT2D eigenvalue weighted by Crippen LogP contribution is -2.36. The molecular weight excluding hydrogens is 301 g/mol. The smallest absolute Gasteiger partial charge is 0.394 e. The van der Waals surface area contributed by atoms with E-state index in [-0.39, 0.29) is 0 Å². The summed E-state index contributed by atoms with van der Waals surface area (Å²) in [5.41, 5.74) is -5.51. The summed E-state index contributed by atoms with van der Waals surface area (Å²) in [6.07, 6.45) is -11.8. The maximum atomic E-state index is 12.9. The van der Waals surface area contributed by atoms with E-state index in [2.05, 4.69) is 0 Å². The van der Waals surface area contributed by atoms with Gasteiger partial charge in [-0.05, 0) is 0 Å². The van der Waals surface area contributed by atoms with E-state index in [1.54, 1.807) is 4.98 Å². The Morgan fingerprint density at radius 3 is 2.24 bits per heavy atom. The zero-order valence-corrected chi connectivity index (χ0v) is 10.2. The summed E-state index contributed by atoms with van der Waals surface area (Å²) in [7, 11) is 0. The predicted octanol–water partition coefficient (Wildman–Crippen LogP) is -1.76. The molecule has 0 aliphatic carbocycles. The van der Waals surface area contributed by atoms with Gasteiger partial charge in [0.15, 0.2) is 0 Å². The number of aliphatic hydroxyl groups excluding tert-OH is 3. The summed E-state index contributed by atoms with van der Waals surface area (Å²) in [6, 6.07) is 0. The van der Waals surface area contributed by atoms with Crippen molar-refractivity contribution in [2.24, 2.45) is 0 Å². The molecule has 8 nitrogen and oxygen atoms in total. The Labute approximate surface area is 113 Å². The molecule has 1 aliphatic heterocycles. The van der Waals surface area contributed by atoms with Crippen LogP contribution in [0.3, 0.4) is 0 Å². The molecule has 11 heteroatoms. The van der Waals surface area contributed by atoms with E-state index in [9.17, 15) is 33.0 Å². The maximum Gasteiger partial charge on any atom is 0.431 e. The van der Waals surface area contributed by atoms with Crippen LogP contribution in [0.25, 0.3) is 0 Å². The molecule has 1 aliphatic rings.